The van der Waals surface area contributed by atoms with Gasteiger partial charge in [0.2, 0.25) is 12.3 Å². The van der Waals surface area contributed by atoms with Gasteiger partial charge >= 0.3 is 0 Å². The van der Waals surface area contributed by atoms with Crippen LogP contribution in [0.15, 0.2) is 40.5 Å². The van der Waals surface area contributed by atoms with Gasteiger partial charge in [0.25, 0.3) is 5.56 Å². The van der Waals surface area contributed by atoms with E-state index in [4.69, 9.17) is 16.3 Å². The quantitative estimate of drug-likeness (QED) is 0.218. The SMILES string of the molecule is CCN(C=O)/C(CO)=N\N(C)c1cc2c(C(C)C)cn(-c3ccnc(OC)c3Cl)c(=O)c2cc1F. The highest BCUT2D eigenvalue weighted by atomic mass is 35.5. The van der Waals surface area contributed by atoms with Crippen LogP contribution in [0.1, 0.15) is 32.3 Å². The molecule has 0 saturated heterocycles. The predicted octanol–water partition coefficient (Wildman–Crippen LogP) is 3.53. The second-order valence-electron chi connectivity index (χ2n) is 8.01. The summed E-state index contributed by atoms with van der Waals surface area (Å²) in [6.07, 6.45) is 3.68. The number of ether oxygens (including phenoxy) is 1. The standard InChI is InChI=1S/C24H27ClFN5O4/c1-6-30(13-33)21(12-32)28-29(4)20-10-15-16(9-18(20)26)24(34)31(11-17(15)14(2)3)19-7-8-27-23(35-5)22(19)25/h7-11,13-14,32H,6,12H2,1-5H3/b28-21-. The summed E-state index contributed by atoms with van der Waals surface area (Å²) in [5.74, 6) is -0.500. The van der Waals surface area contributed by atoms with Crippen LogP contribution in [0, 0.1) is 5.82 Å². The number of aromatic nitrogens is 2. The molecular formula is C24H27ClFN5O4. The number of aliphatic hydroxyl groups excluding tert-OH is 1. The topological polar surface area (TPSA) is 100 Å². The average molecular weight is 504 g/mol. The second kappa shape index (κ2) is 10.8. The third-order valence-electron chi connectivity index (χ3n) is 5.58. The summed E-state index contributed by atoms with van der Waals surface area (Å²) in [5.41, 5.74) is 0.744. The molecule has 2 heterocycles. The fourth-order valence-electron chi connectivity index (χ4n) is 3.73. The largest absolute Gasteiger partial charge is 0.480 e. The molecule has 0 atom stereocenters. The van der Waals surface area contributed by atoms with E-state index in [2.05, 4.69) is 10.1 Å². The van der Waals surface area contributed by atoms with Crippen molar-refractivity contribution in [3.05, 3.63) is 57.3 Å². The molecule has 3 aromatic rings. The van der Waals surface area contributed by atoms with E-state index in [1.807, 2.05) is 13.8 Å². The van der Waals surface area contributed by atoms with Crippen LogP contribution < -0.4 is 15.3 Å². The number of likely N-dealkylation sites (N-methyl/N-ethyl adjacent to an activating group) is 1. The number of fused-ring (bicyclic) bond motifs is 1. The Bertz CT molecular complexity index is 1340. The highest BCUT2D eigenvalue weighted by molar-refractivity contribution is 6.33. The Morgan fingerprint density at radius 3 is 2.66 bits per heavy atom. The van der Waals surface area contributed by atoms with Gasteiger partial charge in [-0.05, 0) is 42.0 Å². The summed E-state index contributed by atoms with van der Waals surface area (Å²) in [6, 6.07) is 4.28. The fourth-order valence-corrected chi connectivity index (χ4v) is 4.01. The highest BCUT2D eigenvalue weighted by Crippen LogP contribution is 2.32. The van der Waals surface area contributed by atoms with Gasteiger partial charge in [0.1, 0.15) is 17.4 Å². The molecule has 0 aliphatic heterocycles. The number of carbonyl (C=O) groups excluding carboxylic acids is 1. The number of hydrogen-bond donors (Lipinski definition) is 1. The van der Waals surface area contributed by atoms with E-state index in [0.29, 0.717) is 17.5 Å². The van der Waals surface area contributed by atoms with Crippen molar-refractivity contribution in [1.82, 2.24) is 14.5 Å². The molecular weight excluding hydrogens is 477 g/mol. The minimum Gasteiger partial charge on any atom is -0.480 e. The number of methoxy groups -OCH3 is 1. The van der Waals surface area contributed by atoms with E-state index in [1.54, 1.807) is 19.2 Å². The third-order valence-corrected chi connectivity index (χ3v) is 5.94. The van der Waals surface area contributed by atoms with Gasteiger partial charge in [0, 0.05) is 26.0 Å². The molecule has 186 valence electrons. The van der Waals surface area contributed by atoms with Gasteiger partial charge in [-0.15, -0.1) is 0 Å². The van der Waals surface area contributed by atoms with Crippen molar-refractivity contribution >= 4 is 40.3 Å². The van der Waals surface area contributed by atoms with Gasteiger partial charge in [-0.3, -0.25) is 24.1 Å². The van der Waals surface area contributed by atoms with Crippen molar-refractivity contribution in [2.24, 2.45) is 5.10 Å². The number of amides is 1. The van der Waals surface area contributed by atoms with E-state index in [-0.39, 0.29) is 40.3 Å². The van der Waals surface area contributed by atoms with Crippen LogP contribution in [0.2, 0.25) is 5.02 Å². The van der Waals surface area contributed by atoms with Crippen LogP contribution in [0.5, 0.6) is 5.88 Å². The third kappa shape index (κ3) is 4.98. The van der Waals surface area contributed by atoms with Crippen LogP contribution in [0.4, 0.5) is 10.1 Å². The molecule has 0 saturated carbocycles. The van der Waals surface area contributed by atoms with Gasteiger partial charge in [0.15, 0.2) is 5.84 Å². The summed E-state index contributed by atoms with van der Waals surface area (Å²) < 4.78 is 21.8. The Hall–Kier alpha value is -3.50. The molecule has 0 bridgehead atoms. The Morgan fingerprint density at radius 1 is 1.37 bits per heavy atom. The Labute approximate surface area is 207 Å². The van der Waals surface area contributed by atoms with Crippen molar-refractivity contribution in [2.45, 2.75) is 26.7 Å². The number of pyridine rings is 2. The molecule has 1 N–H and O–H groups in total. The maximum atomic E-state index is 15.3. The summed E-state index contributed by atoms with van der Waals surface area (Å²) in [5, 5.41) is 15.9. The molecule has 0 fully saturated rings. The van der Waals surface area contributed by atoms with E-state index in [1.165, 1.54) is 40.9 Å². The fraction of sp³-hybridized carbons (Fsp3) is 0.333. The summed E-state index contributed by atoms with van der Waals surface area (Å²) in [7, 11) is 2.92. The normalized spacial score (nSPS) is 11.7. The zero-order chi connectivity index (χ0) is 25.9. The highest BCUT2D eigenvalue weighted by Gasteiger charge is 2.20. The van der Waals surface area contributed by atoms with E-state index in [0.717, 1.165) is 11.6 Å². The van der Waals surface area contributed by atoms with Gasteiger partial charge < -0.3 is 9.84 Å². The van der Waals surface area contributed by atoms with Gasteiger partial charge in [-0.2, -0.15) is 5.10 Å². The number of amidine groups is 1. The second-order valence-corrected chi connectivity index (χ2v) is 8.38. The molecule has 1 amide bonds. The predicted molar refractivity (Wildman–Crippen MR) is 134 cm³/mol. The molecule has 2 aromatic heterocycles. The number of carbonyl (C=O) groups is 1. The first-order chi connectivity index (χ1) is 16.7. The van der Waals surface area contributed by atoms with Gasteiger partial charge in [0.05, 0.1) is 23.9 Å². The molecule has 35 heavy (non-hydrogen) atoms. The first-order valence-electron chi connectivity index (χ1n) is 10.9. The minimum atomic E-state index is -0.696. The van der Waals surface area contributed by atoms with Crippen molar-refractivity contribution in [3.63, 3.8) is 0 Å². The number of rotatable bonds is 8. The number of anilines is 1. The molecule has 0 radical (unpaired) electrons. The smallest absolute Gasteiger partial charge is 0.263 e. The number of benzene rings is 1. The Kier molecular flexibility index (Phi) is 8.08. The summed E-state index contributed by atoms with van der Waals surface area (Å²) in [6.45, 7) is 5.41. The molecule has 3 rings (SSSR count). The van der Waals surface area contributed by atoms with E-state index >= 15 is 4.39 Å². The average Bonchev–Trinajstić information content (AvgIpc) is 2.84. The summed E-state index contributed by atoms with van der Waals surface area (Å²) in [4.78, 5) is 29.9. The maximum Gasteiger partial charge on any atom is 0.263 e. The van der Waals surface area contributed by atoms with Crippen LogP contribution in [0.3, 0.4) is 0 Å². The lowest BCUT2D eigenvalue weighted by molar-refractivity contribution is -0.114. The summed E-state index contributed by atoms with van der Waals surface area (Å²) >= 11 is 6.42. The number of halogens is 2. The van der Waals surface area contributed by atoms with Crippen LogP contribution >= 0.6 is 11.6 Å². The first kappa shape index (κ1) is 26.1. The number of hydrazone groups is 1. The van der Waals surface area contributed by atoms with Crippen LogP contribution in [0.25, 0.3) is 16.5 Å². The molecule has 1 aromatic carbocycles. The molecule has 0 aliphatic carbocycles. The first-order valence-corrected chi connectivity index (χ1v) is 11.3. The van der Waals surface area contributed by atoms with Crippen LogP contribution in [-0.4, -0.2) is 59.1 Å². The lowest BCUT2D eigenvalue weighted by Crippen LogP contribution is -2.34. The number of aliphatic hydroxyl groups is 1. The van der Waals surface area contributed by atoms with Crippen LogP contribution in [-0.2, 0) is 4.79 Å². The zero-order valence-electron chi connectivity index (χ0n) is 20.1. The van der Waals surface area contributed by atoms with Gasteiger partial charge in [-0.1, -0.05) is 25.4 Å². The van der Waals surface area contributed by atoms with E-state index < -0.39 is 18.0 Å². The molecule has 11 heteroatoms. The van der Waals surface area contributed by atoms with Gasteiger partial charge in [-0.25, -0.2) is 9.37 Å². The lowest BCUT2D eigenvalue weighted by Gasteiger charge is -2.22. The number of hydrogen-bond acceptors (Lipinski definition) is 7. The minimum absolute atomic E-state index is 0.0300. The molecule has 9 nitrogen and oxygen atoms in total. The molecule has 0 aliphatic rings. The van der Waals surface area contributed by atoms with Crippen molar-refractivity contribution < 1.29 is 19.0 Å². The Morgan fingerprint density at radius 2 is 2.09 bits per heavy atom. The lowest BCUT2D eigenvalue weighted by atomic mass is 9.97. The number of nitrogens with zero attached hydrogens (tertiary/aromatic N) is 5. The van der Waals surface area contributed by atoms with Crippen molar-refractivity contribution in [1.29, 1.82) is 0 Å². The zero-order valence-corrected chi connectivity index (χ0v) is 20.9. The van der Waals surface area contributed by atoms with Crippen molar-refractivity contribution in [2.75, 3.05) is 32.3 Å². The molecule has 0 unspecified atom stereocenters. The monoisotopic (exact) mass is 503 g/mol. The maximum absolute atomic E-state index is 15.3. The van der Waals surface area contributed by atoms with Crippen molar-refractivity contribution in [3.8, 4) is 11.6 Å². The molecule has 0 spiro atoms. The van der Waals surface area contributed by atoms with E-state index in [9.17, 15) is 14.7 Å². The Balaban J connectivity index is 2.26.